The van der Waals surface area contributed by atoms with Gasteiger partial charge in [-0.1, -0.05) is 200 Å². The minimum atomic E-state index is 1.09. The van der Waals surface area contributed by atoms with Crippen molar-refractivity contribution in [3.8, 4) is 50.2 Å². The Morgan fingerprint density at radius 3 is 1.28 bits per heavy atom. The highest BCUT2D eigenvalue weighted by atomic mass is 15.1. The Hall–Kier alpha value is -8.98. The maximum absolute atomic E-state index is 2.41. The van der Waals surface area contributed by atoms with Gasteiger partial charge in [0.2, 0.25) is 0 Å². The van der Waals surface area contributed by atoms with Crippen LogP contribution in [0.25, 0.3) is 104 Å². The van der Waals surface area contributed by atoms with E-state index >= 15 is 0 Å². The summed E-state index contributed by atoms with van der Waals surface area (Å²) < 4.78 is 2.41. The van der Waals surface area contributed by atoms with Gasteiger partial charge in [0.25, 0.3) is 0 Å². The molecule has 0 spiro atoms. The molecule has 0 bridgehead atoms. The second kappa shape index (κ2) is 16.5. The van der Waals surface area contributed by atoms with Crippen LogP contribution < -0.4 is 4.90 Å². The molecule has 0 atom stereocenters. The monoisotopic (exact) mass is 864 g/mol. The molecule has 0 saturated heterocycles. The molecule has 318 valence electrons. The van der Waals surface area contributed by atoms with Gasteiger partial charge >= 0.3 is 0 Å². The van der Waals surface area contributed by atoms with Crippen molar-refractivity contribution in [2.75, 3.05) is 4.90 Å². The lowest BCUT2D eigenvalue weighted by Gasteiger charge is -2.26. The minimum Gasteiger partial charge on any atom is -0.311 e. The van der Waals surface area contributed by atoms with E-state index in [0.717, 1.165) is 17.1 Å². The average molecular weight is 865 g/mol. The van der Waals surface area contributed by atoms with E-state index in [1.165, 1.54) is 104 Å². The third-order valence-electron chi connectivity index (χ3n) is 13.8. The molecule has 13 aromatic rings. The van der Waals surface area contributed by atoms with E-state index in [2.05, 4.69) is 276 Å². The highest BCUT2D eigenvalue weighted by Gasteiger charge is 2.17. The average Bonchev–Trinajstić information content (AvgIpc) is 3.75. The van der Waals surface area contributed by atoms with Crippen LogP contribution in [-0.4, -0.2) is 4.57 Å². The van der Waals surface area contributed by atoms with Crippen molar-refractivity contribution in [2.45, 2.75) is 0 Å². The highest BCUT2D eigenvalue weighted by molar-refractivity contribution is 6.14. The molecular formula is C66H44N2. The van der Waals surface area contributed by atoms with Crippen molar-refractivity contribution in [1.82, 2.24) is 4.57 Å². The van der Waals surface area contributed by atoms with Gasteiger partial charge in [-0.25, -0.2) is 0 Å². The van der Waals surface area contributed by atoms with E-state index in [1.54, 1.807) is 0 Å². The second-order valence-electron chi connectivity index (χ2n) is 17.7. The van der Waals surface area contributed by atoms with Gasteiger partial charge in [-0.05, 0) is 138 Å². The number of hydrogen-bond acceptors (Lipinski definition) is 1. The number of nitrogens with zero attached hydrogens (tertiary/aromatic N) is 2. The summed E-state index contributed by atoms with van der Waals surface area (Å²) in [6.45, 7) is 0. The summed E-state index contributed by atoms with van der Waals surface area (Å²) in [5, 5.41) is 10.1. The molecule has 0 radical (unpaired) electrons. The Morgan fingerprint density at radius 2 is 0.647 bits per heavy atom. The number of anilines is 3. The van der Waals surface area contributed by atoms with E-state index in [0.29, 0.717) is 0 Å². The Kier molecular flexibility index (Phi) is 9.54. The van der Waals surface area contributed by atoms with Crippen LogP contribution in [0.15, 0.2) is 267 Å². The molecule has 1 heterocycles. The summed E-state index contributed by atoms with van der Waals surface area (Å²) >= 11 is 0. The van der Waals surface area contributed by atoms with Gasteiger partial charge in [0, 0.05) is 33.4 Å². The normalized spacial score (nSPS) is 11.5. The minimum absolute atomic E-state index is 1.09. The molecule has 68 heavy (non-hydrogen) atoms. The predicted octanol–water partition coefficient (Wildman–Crippen LogP) is 18.4. The second-order valence-corrected chi connectivity index (χ2v) is 17.7. The zero-order valence-corrected chi connectivity index (χ0v) is 37.3. The number of benzene rings is 12. The number of hydrogen-bond donors (Lipinski definition) is 0. The van der Waals surface area contributed by atoms with Gasteiger partial charge in [-0.2, -0.15) is 0 Å². The molecule has 0 aliphatic carbocycles. The van der Waals surface area contributed by atoms with Crippen molar-refractivity contribution in [3.05, 3.63) is 267 Å². The molecule has 0 N–H and O–H groups in total. The Bertz CT molecular complexity index is 3940. The van der Waals surface area contributed by atoms with Crippen molar-refractivity contribution >= 4 is 71.2 Å². The van der Waals surface area contributed by atoms with Gasteiger partial charge < -0.3 is 9.47 Å². The van der Waals surface area contributed by atoms with Crippen molar-refractivity contribution in [2.24, 2.45) is 0 Å². The first-order valence-electron chi connectivity index (χ1n) is 23.4. The van der Waals surface area contributed by atoms with E-state index in [9.17, 15) is 0 Å². The van der Waals surface area contributed by atoms with Crippen molar-refractivity contribution in [3.63, 3.8) is 0 Å². The van der Waals surface area contributed by atoms with E-state index in [-0.39, 0.29) is 0 Å². The molecule has 13 rings (SSSR count). The van der Waals surface area contributed by atoms with E-state index < -0.39 is 0 Å². The van der Waals surface area contributed by atoms with Crippen molar-refractivity contribution < 1.29 is 0 Å². The SMILES string of the molecule is c1ccc(-n2c3ccccc3c3ccccc32)c(-c2ccc(-c3ccc(N(c4ccc(-c5ccc6ccccc6c5)cc4)c4ccc(-c5cc6ccccc6c6ccccc56)cc4)cc3)cc2)c1. The van der Waals surface area contributed by atoms with Gasteiger partial charge in [0.05, 0.1) is 16.7 Å². The Balaban J connectivity index is 0.853. The summed E-state index contributed by atoms with van der Waals surface area (Å²) in [5.74, 6) is 0. The molecule has 2 nitrogen and oxygen atoms in total. The summed E-state index contributed by atoms with van der Waals surface area (Å²) in [7, 11) is 0. The molecule has 2 heteroatoms. The number of rotatable bonds is 8. The van der Waals surface area contributed by atoms with Crippen LogP contribution in [0.3, 0.4) is 0 Å². The third kappa shape index (κ3) is 6.82. The van der Waals surface area contributed by atoms with Gasteiger partial charge in [0.15, 0.2) is 0 Å². The fourth-order valence-corrected chi connectivity index (χ4v) is 10.4. The molecule has 0 unspecified atom stereocenters. The maximum Gasteiger partial charge on any atom is 0.0541 e. The highest BCUT2D eigenvalue weighted by Crippen LogP contribution is 2.41. The van der Waals surface area contributed by atoms with Crippen LogP contribution in [0, 0.1) is 0 Å². The van der Waals surface area contributed by atoms with Gasteiger partial charge in [-0.15, -0.1) is 0 Å². The topological polar surface area (TPSA) is 8.17 Å². The molecule has 0 saturated carbocycles. The molecule has 0 aliphatic rings. The number of fused-ring (bicyclic) bond motifs is 7. The third-order valence-corrected chi connectivity index (χ3v) is 13.8. The predicted molar refractivity (Wildman–Crippen MR) is 290 cm³/mol. The molecule has 0 fully saturated rings. The van der Waals surface area contributed by atoms with Crippen molar-refractivity contribution in [1.29, 1.82) is 0 Å². The first-order valence-corrected chi connectivity index (χ1v) is 23.4. The summed E-state index contributed by atoms with van der Waals surface area (Å²) in [6, 6.07) is 97.4. The molecule has 1 aromatic heterocycles. The summed E-state index contributed by atoms with van der Waals surface area (Å²) in [4.78, 5) is 2.37. The van der Waals surface area contributed by atoms with E-state index in [4.69, 9.17) is 0 Å². The van der Waals surface area contributed by atoms with Crippen LogP contribution in [0.5, 0.6) is 0 Å². The Labute approximate surface area is 395 Å². The zero-order valence-electron chi connectivity index (χ0n) is 37.3. The first-order chi connectivity index (χ1) is 33.7. The summed E-state index contributed by atoms with van der Waals surface area (Å²) in [5.41, 5.74) is 16.4. The molecule has 0 amide bonds. The largest absolute Gasteiger partial charge is 0.311 e. The molecule has 12 aromatic carbocycles. The van der Waals surface area contributed by atoms with Gasteiger partial charge in [-0.3, -0.25) is 0 Å². The quantitative estimate of drug-likeness (QED) is 0.138. The van der Waals surface area contributed by atoms with Crippen LogP contribution >= 0.6 is 0 Å². The molecular weight excluding hydrogens is 821 g/mol. The zero-order chi connectivity index (χ0) is 45.0. The van der Waals surface area contributed by atoms with Crippen LogP contribution in [0.1, 0.15) is 0 Å². The standard InChI is InChI=1S/C66H44N2/c1-2-14-51-43-52(30-27-45(51)13-1)48-33-39-55(40-34-48)67(56-41-35-50(36-42-56)63-44-53-15-3-4-16-57(53)59-18-5-6-19-60(59)63)54-37-31-47(32-38-54)46-25-28-49(29-26-46)58-17-7-10-22-64(58)68-65-23-11-8-20-61(65)62-21-9-12-24-66(62)68/h1-44H. The number of aromatic nitrogens is 1. The lowest BCUT2D eigenvalue weighted by molar-refractivity contribution is 1.18. The van der Waals surface area contributed by atoms with Crippen LogP contribution in [0.4, 0.5) is 17.1 Å². The fourth-order valence-electron chi connectivity index (χ4n) is 10.4. The Morgan fingerprint density at radius 1 is 0.235 bits per heavy atom. The lowest BCUT2D eigenvalue weighted by atomic mass is 9.93. The number of para-hydroxylation sites is 3. The fraction of sp³-hybridized carbons (Fsp3) is 0. The van der Waals surface area contributed by atoms with Gasteiger partial charge in [0.1, 0.15) is 0 Å². The lowest BCUT2D eigenvalue weighted by Crippen LogP contribution is -2.09. The smallest absolute Gasteiger partial charge is 0.0541 e. The van der Waals surface area contributed by atoms with Crippen LogP contribution in [0.2, 0.25) is 0 Å². The van der Waals surface area contributed by atoms with E-state index in [1.807, 2.05) is 0 Å². The first kappa shape index (κ1) is 39.4. The maximum atomic E-state index is 2.41. The summed E-state index contributed by atoms with van der Waals surface area (Å²) in [6.07, 6.45) is 0. The molecule has 0 aliphatic heterocycles. The van der Waals surface area contributed by atoms with Crippen LogP contribution in [-0.2, 0) is 0 Å².